The molecule has 10 nitrogen and oxygen atoms in total. The highest BCUT2D eigenvalue weighted by atomic mass is 32.2. The molecule has 0 saturated heterocycles. The van der Waals surface area contributed by atoms with Gasteiger partial charge in [0.25, 0.3) is 12.4 Å². The van der Waals surface area contributed by atoms with E-state index in [-0.39, 0.29) is 24.2 Å². The molecular weight excluding hydrogens is 592 g/mol. The number of carbonyl (C=O) groups is 2. The Morgan fingerprint density at radius 1 is 1.11 bits per heavy atom. The number of aryl methyl sites for hydroxylation is 3. The molecule has 1 aromatic heterocycles. The molecule has 0 spiro atoms. The summed E-state index contributed by atoms with van der Waals surface area (Å²) >= 11 is 0. The predicted octanol–water partition coefficient (Wildman–Crippen LogP) is 3.66. The molecule has 2 heterocycles. The summed E-state index contributed by atoms with van der Waals surface area (Å²) < 4.78 is 29.2. The standard InChI is InChI=1S/C33H38N4O4S.CH2O2/c1-3-23-21-37-15-16-42(40,41)36(2)30-19-25(18-27(23)32(30)37)33(39)35-29(17-22-9-5-4-6-10-22)31(38)20-34-28-14-13-24-11-7-8-12-26(24)28;2-1-3/h4-12,18-19,21,28-29,31,34,38H,3,13-17,20H2,1-2H3,(H,35,39);1H,(H,2,3)/t28-,29-,31+;/m0./s1. The average Bonchev–Trinajstić information content (AvgIpc) is 3.61. The van der Waals surface area contributed by atoms with Crippen LogP contribution in [0, 0.1) is 0 Å². The predicted molar refractivity (Wildman–Crippen MR) is 175 cm³/mol. The molecule has 1 amide bonds. The third-order valence-corrected chi connectivity index (χ3v) is 10.5. The van der Waals surface area contributed by atoms with Gasteiger partial charge in [-0.15, -0.1) is 0 Å². The molecule has 4 aromatic rings. The monoisotopic (exact) mass is 632 g/mol. The minimum absolute atomic E-state index is 0.00352. The second kappa shape index (κ2) is 13.8. The molecule has 4 N–H and O–H groups in total. The molecular formula is C34H40N4O6S. The van der Waals surface area contributed by atoms with Crippen LogP contribution in [0.2, 0.25) is 0 Å². The van der Waals surface area contributed by atoms with Gasteiger partial charge in [0, 0.05) is 43.3 Å². The number of nitrogens with one attached hydrogen (secondary N) is 2. The van der Waals surface area contributed by atoms with E-state index < -0.39 is 22.2 Å². The maximum absolute atomic E-state index is 13.8. The van der Waals surface area contributed by atoms with Gasteiger partial charge in [0.15, 0.2) is 0 Å². The second-order valence-electron chi connectivity index (χ2n) is 11.5. The van der Waals surface area contributed by atoms with Gasteiger partial charge in [-0.25, -0.2) is 8.42 Å². The van der Waals surface area contributed by atoms with E-state index in [1.54, 1.807) is 13.1 Å². The first-order valence-corrected chi connectivity index (χ1v) is 16.8. The molecule has 1 aliphatic carbocycles. The number of fused-ring (bicyclic) bond motifs is 1. The number of hydrogen-bond acceptors (Lipinski definition) is 6. The highest BCUT2D eigenvalue weighted by Gasteiger charge is 2.30. The van der Waals surface area contributed by atoms with Crippen LogP contribution in [0.25, 0.3) is 10.9 Å². The van der Waals surface area contributed by atoms with Gasteiger partial charge in [-0.1, -0.05) is 61.5 Å². The van der Waals surface area contributed by atoms with Crippen molar-refractivity contribution in [2.75, 3.05) is 23.7 Å². The Morgan fingerprint density at radius 3 is 2.56 bits per heavy atom. The van der Waals surface area contributed by atoms with Gasteiger partial charge in [-0.2, -0.15) is 0 Å². The van der Waals surface area contributed by atoms with E-state index in [2.05, 4.69) is 35.8 Å². The van der Waals surface area contributed by atoms with Crippen LogP contribution in [0.5, 0.6) is 0 Å². The van der Waals surface area contributed by atoms with Crippen LogP contribution in [-0.4, -0.2) is 67.1 Å². The number of aliphatic hydroxyl groups is 1. The zero-order valence-corrected chi connectivity index (χ0v) is 26.3. The van der Waals surface area contributed by atoms with Gasteiger partial charge in [-0.3, -0.25) is 13.9 Å². The SMILES string of the molecule is CCc1cn2c3c(cc(C(=O)N[C@@H](Cc4ccccc4)[C@H](O)CN[C@H]4CCc5ccccc54)cc13)N(C)S(=O)(=O)CC2.O=CO. The fourth-order valence-electron chi connectivity index (χ4n) is 6.40. The van der Waals surface area contributed by atoms with E-state index in [1.165, 1.54) is 15.4 Å². The molecule has 6 rings (SSSR count). The van der Waals surface area contributed by atoms with Crippen molar-refractivity contribution in [2.24, 2.45) is 0 Å². The van der Waals surface area contributed by atoms with Crippen molar-refractivity contribution in [2.45, 2.75) is 57.3 Å². The third kappa shape index (κ3) is 6.90. The lowest BCUT2D eigenvalue weighted by Gasteiger charge is -2.27. The van der Waals surface area contributed by atoms with Crippen molar-refractivity contribution < 1.29 is 28.2 Å². The number of rotatable bonds is 9. The van der Waals surface area contributed by atoms with Crippen LogP contribution in [0.4, 0.5) is 5.69 Å². The molecule has 0 fully saturated rings. The Hall–Kier alpha value is -4.19. The lowest BCUT2D eigenvalue weighted by Crippen LogP contribution is -2.49. The number of anilines is 1. The molecule has 45 heavy (non-hydrogen) atoms. The van der Waals surface area contributed by atoms with Crippen LogP contribution < -0.4 is 14.9 Å². The van der Waals surface area contributed by atoms with E-state index in [0.29, 0.717) is 30.8 Å². The van der Waals surface area contributed by atoms with Gasteiger partial charge in [-0.05, 0) is 60.1 Å². The minimum atomic E-state index is -3.53. The molecule has 3 aromatic carbocycles. The zero-order valence-electron chi connectivity index (χ0n) is 25.5. The Bertz CT molecular complexity index is 1770. The maximum atomic E-state index is 13.8. The first-order chi connectivity index (χ1) is 21.7. The summed E-state index contributed by atoms with van der Waals surface area (Å²) in [5, 5.41) is 25.8. The average molecular weight is 633 g/mol. The van der Waals surface area contributed by atoms with E-state index in [0.717, 1.165) is 41.3 Å². The number of amides is 1. The number of aromatic nitrogens is 1. The Morgan fingerprint density at radius 2 is 1.82 bits per heavy atom. The van der Waals surface area contributed by atoms with Crippen LogP contribution in [0.3, 0.4) is 0 Å². The number of aliphatic hydroxyl groups excluding tert-OH is 1. The number of hydrogen-bond donors (Lipinski definition) is 4. The van der Waals surface area contributed by atoms with Crippen molar-refractivity contribution in [3.8, 4) is 0 Å². The van der Waals surface area contributed by atoms with Crippen molar-refractivity contribution >= 4 is 39.0 Å². The van der Waals surface area contributed by atoms with Gasteiger partial charge in [0.1, 0.15) is 0 Å². The first kappa shape index (κ1) is 32.2. The molecule has 0 saturated carbocycles. The summed E-state index contributed by atoms with van der Waals surface area (Å²) in [5.41, 5.74) is 6.37. The molecule has 1 aliphatic heterocycles. The summed E-state index contributed by atoms with van der Waals surface area (Å²) in [4.78, 5) is 22.2. The number of nitrogens with zero attached hydrogens (tertiary/aromatic N) is 2. The Labute approximate surface area is 263 Å². The van der Waals surface area contributed by atoms with E-state index in [4.69, 9.17) is 9.90 Å². The first-order valence-electron chi connectivity index (χ1n) is 15.2. The molecule has 0 radical (unpaired) electrons. The smallest absolute Gasteiger partial charge is 0.290 e. The van der Waals surface area contributed by atoms with Gasteiger partial charge in [0.05, 0.1) is 29.1 Å². The summed E-state index contributed by atoms with van der Waals surface area (Å²) in [6.07, 6.45) is 4.35. The molecule has 0 bridgehead atoms. The summed E-state index contributed by atoms with van der Waals surface area (Å²) in [7, 11) is -1.97. The van der Waals surface area contributed by atoms with E-state index in [1.807, 2.05) is 53.2 Å². The number of sulfonamides is 1. The highest BCUT2D eigenvalue weighted by molar-refractivity contribution is 7.92. The number of carbonyl (C=O) groups excluding carboxylic acids is 1. The lowest BCUT2D eigenvalue weighted by molar-refractivity contribution is -0.122. The molecule has 11 heteroatoms. The zero-order chi connectivity index (χ0) is 32.1. The summed E-state index contributed by atoms with van der Waals surface area (Å²) in [6.45, 7) is 2.50. The fraction of sp³-hybridized carbons (Fsp3) is 0.353. The van der Waals surface area contributed by atoms with Gasteiger partial charge >= 0.3 is 0 Å². The molecule has 3 atom stereocenters. The van der Waals surface area contributed by atoms with Crippen molar-refractivity contribution in [3.63, 3.8) is 0 Å². The van der Waals surface area contributed by atoms with Crippen LogP contribution in [0.15, 0.2) is 72.9 Å². The van der Waals surface area contributed by atoms with Crippen LogP contribution in [-0.2, 0) is 40.6 Å². The van der Waals surface area contributed by atoms with Gasteiger partial charge in [0.2, 0.25) is 10.0 Å². The Balaban J connectivity index is 0.00000128. The number of benzene rings is 3. The highest BCUT2D eigenvalue weighted by Crippen LogP contribution is 2.36. The molecule has 0 unspecified atom stereocenters. The maximum Gasteiger partial charge on any atom is 0.290 e. The van der Waals surface area contributed by atoms with Crippen molar-refractivity contribution in [1.82, 2.24) is 15.2 Å². The molecule has 2 aliphatic rings. The van der Waals surface area contributed by atoms with Crippen LogP contribution >= 0.6 is 0 Å². The number of carboxylic acid groups (broad SMARTS) is 1. The quantitative estimate of drug-likeness (QED) is 0.207. The van der Waals surface area contributed by atoms with Gasteiger partial charge < -0.3 is 25.4 Å². The Kier molecular flexibility index (Phi) is 9.91. The normalized spacial score (nSPS) is 17.8. The third-order valence-electron chi connectivity index (χ3n) is 8.81. The lowest BCUT2D eigenvalue weighted by atomic mass is 9.99. The van der Waals surface area contributed by atoms with Crippen molar-refractivity contribution in [3.05, 3.63) is 101 Å². The summed E-state index contributed by atoms with van der Waals surface area (Å²) in [6, 6.07) is 21.3. The van der Waals surface area contributed by atoms with Crippen LogP contribution in [0.1, 0.15) is 52.0 Å². The van der Waals surface area contributed by atoms with Crippen molar-refractivity contribution in [1.29, 1.82) is 0 Å². The molecule has 238 valence electrons. The van der Waals surface area contributed by atoms with E-state index >= 15 is 0 Å². The fourth-order valence-corrected chi connectivity index (χ4v) is 7.54. The largest absolute Gasteiger partial charge is 0.483 e. The second-order valence-corrected chi connectivity index (χ2v) is 13.6. The van der Waals surface area contributed by atoms with E-state index in [9.17, 15) is 18.3 Å². The topological polar surface area (TPSA) is 141 Å². The summed E-state index contributed by atoms with van der Waals surface area (Å²) in [5.74, 6) is -0.347. The minimum Gasteiger partial charge on any atom is -0.483 e.